The highest BCUT2D eigenvalue weighted by Crippen LogP contribution is 2.31. The van der Waals surface area contributed by atoms with Crippen molar-refractivity contribution < 1.29 is 13.2 Å². The average molecular weight is 364 g/mol. The summed E-state index contributed by atoms with van der Waals surface area (Å²) in [7, 11) is 0. The lowest BCUT2D eigenvalue weighted by Gasteiger charge is -2.11. The van der Waals surface area contributed by atoms with Crippen LogP contribution in [0.15, 0.2) is 18.2 Å². The Morgan fingerprint density at radius 3 is 1.92 bits per heavy atom. The maximum Gasteiger partial charge on any atom is 0.433 e. The van der Waals surface area contributed by atoms with Gasteiger partial charge >= 0.3 is 6.18 Å². The lowest BCUT2D eigenvalue weighted by Crippen LogP contribution is -2.14. The molecule has 0 bridgehead atoms. The van der Waals surface area contributed by atoms with Crippen molar-refractivity contribution in [2.45, 2.75) is 31.9 Å². The summed E-state index contributed by atoms with van der Waals surface area (Å²) >= 11 is 0. The minimum absolute atomic E-state index is 0.0752. The fourth-order valence-corrected chi connectivity index (χ4v) is 2.48. The highest BCUT2D eigenvalue weighted by atomic mass is 19.4. The standard InChI is InChI=1S/C17H19F3N6/c18-17(19,20)13-3-1-2-12(23-13)14-24-15(21-8-10-4-5-10)26-16(25-14)22-9-11-6-7-11/h1-3,10-11H,4-9H2,(H2,21,22,24,25,26). The van der Waals surface area contributed by atoms with Crippen LogP contribution in [0.4, 0.5) is 25.1 Å². The van der Waals surface area contributed by atoms with E-state index < -0.39 is 11.9 Å². The van der Waals surface area contributed by atoms with E-state index in [0.29, 0.717) is 23.7 Å². The van der Waals surface area contributed by atoms with E-state index in [0.717, 1.165) is 19.2 Å². The zero-order valence-electron chi connectivity index (χ0n) is 14.1. The molecule has 0 radical (unpaired) electrons. The second-order valence-corrected chi connectivity index (χ2v) is 6.86. The Morgan fingerprint density at radius 2 is 1.42 bits per heavy atom. The molecule has 2 heterocycles. The van der Waals surface area contributed by atoms with E-state index in [9.17, 15) is 13.2 Å². The maximum absolute atomic E-state index is 12.9. The molecule has 0 saturated heterocycles. The van der Waals surface area contributed by atoms with Crippen molar-refractivity contribution in [2.24, 2.45) is 11.8 Å². The Balaban J connectivity index is 1.61. The highest BCUT2D eigenvalue weighted by Gasteiger charge is 2.32. The number of pyridine rings is 1. The van der Waals surface area contributed by atoms with Crippen LogP contribution >= 0.6 is 0 Å². The quantitative estimate of drug-likeness (QED) is 0.782. The van der Waals surface area contributed by atoms with Crippen molar-refractivity contribution in [1.82, 2.24) is 19.9 Å². The molecule has 4 rings (SSSR count). The van der Waals surface area contributed by atoms with Crippen molar-refractivity contribution in [3.05, 3.63) is 23.9 Å². The largest absolute Gasteiger partial charge is 0.433 e. The first-order chi connectivity index (χ1) is 12.5. The molecule has 0 aliphatic heterocycles. The number of alkyl halides is 3. The molecule has 0 spiro atoms. The predicted molar refractivity (Wildman–Crippen MR) is 90.5 cm³/mol. The van der Waals surface area contributed by atoms with Crippen LogP contribution in [-0.2, 0) is 6.18 Å². The van der Waals surface area contributed by atoms with Crippen LogP contribution < -0.4 is 10.6 Å². The van der Waals surface area contributed by atoms with Crippen LogP contribution in [-0.4, -0.2) is 33.0 Å². The highest BCUT2D eigenvalue weighted by molar-refractivity contribution is 5.54. The second kappa shape index (κ2) is 6.69. The van der Waals surface area contributed by atoms with E-state index in [-0.39, 0.29) is 11.5 Å². The van der Waals surface area contributed by atoms with Gasteiger partial charge in [-0.05, 0) is 49.7 Å². The topological polar surface area (TPSA) is 75.6 Å². The summed E-state index contributed by atoms with van der Waals surface area (Å²) in [5.41, 5.74) is -0.887. The molecule has 2 aliphatic carbocycles. The third-order valence-corrected chi connectivity index (χ3v) is 4.40. The summed E-state index contributed by atoms with van der Waals surface area (Å²) in [5, 5.41) is 6.31. The van der Waals surface area contributed by atoms with Crippen LogP contribution in [0.2, 0.25) is 0 Å². The first-order valence-electron chi connectivity index (χ1n) is 8.76. The first kappa shape index (κ1) is 17.0. The molecule has 2 N–H and O–H groups in total. The lowest BCUT2D eigenvalue weighted by molar-refractivity contribution is -0.141. The fraction of sp³-hybridized carbons (Fsp3) is 0.529. The van der Waals surface area contributed by atoms with Gasteiger partial charge in [0.25, 0.3) is 0 Å². The lowest BCUT2D eigenvalue weighted by atomic mass is 10.3. The van der Waals surface area contributed by atoms with E-state index in [4.69, 9.17) is 0 Å². The number of rotatable bonds is 7. The molecule has 138 valence electrons. The Hall–Kier alpha value is -2.45. The predicted octanol–water partition coefficient (Wildman–Crippen LogP) is 3.60. The van der Waals surface area contributed by atoms with Crippen molar-refractivity contribution in [3.63, 3.8) is 0 Å². The smallest absolute Gasteiger partial charge is 0.354 e. The van der Waals surface area contributed by atoms with Gasteiger partial charge in [0.05, 0.1) is 0 Å². The van der Waals surface area contributed by atoms with E-state index in [1.807, 2.05) is 0 Å². The van der Waals surface area contributed by atoms with E-state index >= 15 is 0 Å². The minimum atomic E-state index is -4.51. The number of nitrogens with one attached hydrogen (secondary N) is 2. The summed E-state index contributed by atoms with van der Waals surface area (Å²) in [6.07, 6.45) is 0.183. The molecule has 0 unspecified atom stereocenters. The molecule has 2 fully saturated rings. The molecule has 2 aromatic heterocycles. The van der Waals surface area contributed by atoms with Crippen molar-refractivity contribution in [3.8, 4) is 11.5 Å². The van der Waals surface area contributed by atoms with Crippen LogP contribution in [0.3, 0.4) is 0 Å². The van der Waals surface area contributed by atoms with Gasteiger partial charge in [0.15, 0.2) is 5.82 Å². The summed E-state index contributed by atoms with van der Waals surface area (Å²) in [5.74, 6) is 2.08. The van der Waals surface area contributed by atoms with Gasteiger partial charge in [-0.25, -0.2) is 4.98 Å². The van der Waals surface area contributed by atoms with Crippen LogP contribution in [0, 0.1) is 11.8 Å². The summed E-state index contributed by atoms with van der Waals surface area (Å²) in [6.45, 7) is 1.50. The molecule has 0 amide bonds. The Bertz CT molecular complexity index is 752. The monoisotopic (exact) mass is 364 g/mol. The molecule has 2 aromatic rings. The van der Waals surface area contributed by atoms with Gasteiger partial charge in [0, 0.05) is 13.1 Å². The van der Waals surface area contributed by atoms with Gasteiger partial charge in [-0.1, -0.05) is 6.07 Å². The van der Waals surface area contributed by atoms with Crippen molar-refractivity contribution in [2.75, 3.05) is 23.7 Å². The molecular weight excluding hydrogens is 345 g/mol. The Kier molecular flexibility index (Phi) is 4.37. The van der Waals surface area contributed by atoms with E-state index in [2.05, 4.69) is 30.6 Å². The number of halogens is 3. The number of aromatic nitrogens is 4. The van der Waals surface area contributed by atoms with Crippen LogP contribution in [0.5, 0.6) is 0 Å². The molecule has 9 heteroatoms. The molecule has 0 aromatic carbocycles. The van der Waals surface area contributed by atoms with Gasteiger partial charge in [-0.2, -0.15) is 28.1 Å². The van der Waals surface area contributed by atoms with Gasteiger partial charge in [0.1, 0.15) is 11.4 Å². The molecule has 26 heavy (non-hydrogen) atoms. The minimum Gasteiger partial charge on any atom is -0.354 e. The summed E-state index contributed by atoms with van der Waals surface area (Å²) in [4.78, 5) is 16.5. The zero-order chi connectivity index (χ0) is 18.1. The Morgan fingerprint density at radius 1 is 0.846 bits per heavy atom. The van der Waals surface area contributed by atoms with Gasteiger partial charge < -0.3 is 10.6 Å². The number of nitrogens with zero attached hydrogens (tertiary/aromatic N) is 4. The normalized spacial score (nSPS) is 17.2. The number of hydrogen-bond acceptors (Lipinski definition) is 6. The number of anilines is 2. The molecular formula is C17H19F3N6. The van der Waals surface area contributed by atoms with Gasteiger partial charge in [-0.15, -0.1) is 0 Å². The summed E-state index contributed by atoms with van der Waals surface area (Å²) < 4.78 is 38.8. The maximum atomic E-state index is 12.9. The Labute approximate surface area is 148 Å². The average Bonchev–Trinajstić information content (AvgIpc) is 3.52. The molecule has 0 atom stereocenters. The SMILES string of the molecule is FC(F)(F)c1cccc(-c2nc(NCC3CC3)nc(NCC3CC3)n2)n1. The van der Waals surface area contributed by atoms with Crippen LogP contribution in [0.25, 0.3) is 11.5 Å². The first-order valence-corrected chi connectivity index (χ1v) is 8.76. The second-order valence-electron chi connectivity index (χ2n) is 6.86. The van der Waals surface area contributed by atoms with Crippen LogP contribution in [0.1, 0.15) is 31.4 Å². The fourth-order valence-electron chi connectivity index (χ4n) is 2.48. The van der Waals surface area contributed by atoms with E-state index in [1.165, 1.54) is 37.8 Å². The third kappa shape index (κ3) is 4.39. The summed E-state index contributed by atoms with van der Waals surface area (Å²) in [6, 6.07) is 3.71. The zero-order valence-corrected chi connectivity index (χ0v) is 14.1. The van der Waals surface area contributed by atoms with Crippen molar-refractivity contribution >= 4 is 11.9 Å². The molecule has 2 saturated carbocycles. The number of hydrogen-bond donors (Lipinski definition) is 2. The van der Waals surface area contributed by atoms with Gasteiger partial charge in [0.2, 0.25) is 11.9 Å². The van der Waals surface area contributed by atoms with Crippen molar-refractivity contribution in [1.29, 1.82) is 0 Å². The molecule has 6 nitrogen and oxygen atoms in total. The van der Waals surface area contributed by atoms with Gasteiger partial charge in [-0.3, -0.25) is 0 Å². The van der Waals surface area contributed by atoms with E-state index in [1.54, 1.807) is 0 Å². The third-order valence-electron chi connectivity index (χ3n) is 4.40. The molecule has 2 aliphatic rings.